The number of aryl methyl sites for hydroxylation is 1. The van der Waals surface area contributed by atoms with Gasteiger partial charge in [0.2, 0.25) is 5.88 Å². The maximum absolute atomic E-state index is 12.3. The van der Waals surface area contributed by atoms with Crippen LogP contribution in [0.15, 0.2) is 29.1 Å². The zero-order valence-electron chi connectivity index (χ0n) is 12.3. The van der Waals surface area contributed by atoms with Gasteiger partial charge in [0.25, 0.3) is 5.56 Å². The van der Waals surface area contributed by atoms with E-state index in [2.05, 4.69) is 4.98 Å². The summed E-state index contributed by atoms with van der Waals surface area (Å²) in [5, 5.41) is 11.6. The summed E-state index contributed by atoms with van der Waals surface area (Å²) >= 11 is 7.48. The van der Waals surface area contributed by atoms with E-state index in [0.29, 0.717) is 10.7 Å². The van der Waals surface area contributed by atoms with Gasteiger partial charge in [0.05, 0.1) is 5.69 Å². The number of hydrogen-bond donors (Lipinski definition) is 1. The Kier molecular flexibility index (Phi) is 3.58. The van der Waals surface area contributed by atoms with E-state index in [1.165, 1.54) is 20.7 Å². The van der Waals surface area contributed by atoms with Gasteiger partial charge in [0.1, 0.15) is 10.6 Å². The van der Waals surface area contributed by atoms with Crippen LogP contribution in [0.25, 0.3) is 21.8 Å². The maximum atomic E-state index is 12.3. The minimum absolute atomic E-state index is 0.0847. The Labute approximate surface area is 136 Å². The summed E-state index contributed by atoms with van der Waals surface area (Å²) in [5.41, 5.74) is 1.36. The first-order valence-electron chi connectivity index (χ1n) is 6.59. The summed E-state index contributed by atoms with van der Waals surface area (Å²) in [6, 6.07) is 7.39. The molecule has 3 rings (SSSR count). The molecule has 0 amide bonds. The number of aromatic nitrogens is 3. The van der Waals surface area contributed by atoms with Crippen molar-refractivity contribution >= 4 is 22.9 Å². The fraction of sp³-hybridized carbons (Fsp3) is 0.200. The van der Waals surface area contributed by atoms with Crippen LogP contribution < -0.4 is 5.56 Å². The number of aromatic hydroxyl groups is 1. The van der Waals surface area contributed by atoms with Crippen molar-refractivity contribution in [1.29, 1.82) is 0 Å². The Hall–Kier alpha value is -2.05. The predicted octanol–water partition coefficient (Wildman–Crippen LogP) is 3.18. The van der Waals surface area contributed by atoms with Gasteiger partial charge in [-0.2, -0.15) is 0 Å². The van der Waals surface area contributed by atoms with Crippen molar-refractivity contribution in [2.75, 3.05) is 0 Å². The molecule has 2 aromatic heterocycles. The SMILES string of the molecule is Cc1sc(-c2cccc(Cl)c2)nc1-c1c(O)n(C)n(C)c1=O. The summed E-state index contributed by atoms with van der Waals surface area (Å²) < 4.78 is 2.75. The van der Waals surface area contributed by atoms with Crippen molar-refractivity contribution in [3.63, 3.8) is 0 Å². The third-order valence-corrected chi connectivity index (χ3v) is 4.85. The summed E-state index contributed by atoms with van der Waals surface area (Å²) in [5.74, 6) is -0.0847. The van der Waals surface area contributed by atoms with E-state index in [0.717, 1.165) is 15.4 Å². The molecule has 2 heterocycles. The standard InChI is InChI=1S/C15H14ClN3O2S/c1-8-12(11-14(20)18(2)19(3)15(11)21)17-13(22-8)9-5-4-6-10(16)7-9/h4-7,20H,1-3H3. The fourth-order valence-corrected chi connectivity index (χ4v) is 3.38. The highest BCUT2D eigenvalue weighted by Gasteiger charge is 2.22. The summed E-state index contributed by atoms with van der Waals surface area (Å²) in [6.45, 7) is 1.88. The lowest BCUT2D eigenvalue weighted by atomic mass is 10.2. The molecule has 0 saturated heterocycles. The van der Waals surface area contributed by atoms with Gasteiger partial charge >= 0.3 is 0 Å². The van der Waals surface area contributed by atoms with Gasteiger partial charge in [-0.05, 0) is 19.1 Å². The maximum Gasteiger partial charge on any atom is 0.279 e. The van der Waals surface area contributed by atoms with Crippen LogP contribution in [-0.4, -0.2) is 19.5 Å². The monoisotopic (exact) mass is 335 g/mol. The molecular weight excluding hydrogens is 322 g/mol. The molecule has 0 radical (unpaired) electrons. The van der Waals surface area contributed by atoms with E-state index in [1.54, 1.807) is 20.2 Å². The van der Waals surface area contributed by atoms with Gasteiger partial charge in [0, 0.05) is 29.6 Å². The van der Waals surface area contributed by atoms with Gasteiger partial charge in [-0.3, -0.25) is 14.2 Å². The first kappa shape index (κ1) is 14.9. The lowest BCUT2D eigenvalue weighted by Gasteiger charge is -1.98. The number of rotatable bonds is 2. The molecule has 5 nitrogen and oxygen atoms in total. The number of thiazole rings is 1. The molecule has 0 saturated carbocycles. The van der Waals surface area contributed by atoms with Crippen LogP contribution in [0.1, 0.15) is 4.88 Å². The normalized spacial score (nSPS) is 11.1. The zero-order chi connectivity index (χ0) is 16.0. The molecule has 1 N–H and O–H groups in total. The Morgan fingerprint density at radius 3 is 2.59 bits per heavy atom. The first-order chi connectivity index (χ1) is 10.4. The van der Waals surface area contributed by atoms with E-state index in [-0.39, 0.29) is 17.0 Å². The molecule has 114 valence electrons. The van der Waals surface area contributed by atoms with E-state index in [9.17, 15) is 9.90 Å². The smallest absolute Gasteiger partial charge is 0.279 e. The quantitative estimate of drug-likeness (QED) is 0.782. The van der Waals surface area contributed by atoms with Gasteiger partial charge < -0.3 is 5.11 Å². The molecule has 0 aliphatic rings. The molecule has 0 unspecified atom stereocenters. The van der Waals surface area contributed by atoms with Crippen LogP contribution in [-0.2, 0) is 14.1 Å². The topological polar surface area (TPSA) is 60.1 Å². The molecule has 0 aliphatic heterocycles. The highest BCUT2D eigenvalue weighted by Crippen LogP contribution is 2.35. The molecule has 0 bridgehead atoms. The molecule has 7 heteroatoms. The van der Waals surface area contributed by atoms with Crippen molar-refractivity contribution < 1.29 is 5.11 Å². The van der Waals surface area contributed by atoms with Crippen LogP contribution >= 0.6 is 22.9 Å². The number of benzene rings is 1. The largest absolute Gasteiger partial charge is 0.493 e. The van der Waals surface area contributed by atoms with Crippen LogP contribution in [0.4, 0.5) is 0 Å². The van der Waals surface area contributed by atoms with Crippen LogP contribution in [0.3, 0.4) is 0 Å². The second-order valence-electron chi connectivity index (χ2n) is 4.99. The molecule has 3 aromatic rings. The Morgan fingerprint density at radius 1 is 1.27 bits per heavy atom. The van der Waals surface area contributed by atoms with E-state index < -0.39 is 0 Å². The minimum atomic E-state index is -0.272. The van der Waals surface area contributed by atoms with Crippen LogP contribution in [0.5, 0.6) is 5.88 Å². The zero-order valence-corrected chi connectivity index (χ0v) is 13.9. The van der Waals surface area contributed by atoms with Gasteiger partial charge in [0.15, 0.2) is 0 Å². The predicted molar refractivity (Wildman–Crippen MR) is 88.6 cm³/mol. The molecule has 22 heavy (non-hydrogen) atoms. The van der Waals surface area contributed by atoms with E-state index in [1.807, 2.05) is 25.1 Å². The van der Waals surface area contributed by atoms with Crippen molar-refractivity contribution in [2.45, 2.75) is 6.92 Å². The van der Waals surface area contributed by atoms with Crippen molar-refractivity contribution in [2.24, 2.45) is 14.1 Å². The highest BCUT2D eigenvalue weighted by atomic mass is 35.5. The minimum Gasteiger partial charge on any atom is -0.493 e. The second-order valence-corrected chi connectivity index (χ2v) is 6.62. The molecule has 0 spiro atoms. The summed E-state index contributed by atoms with van der Waals surface area (Å²) in [6.07, 6.45) is 0. The van der Waals surface area contributed by atoms with E-state index in [4.69, 9.17) is 11.6 Å². The van der Waals surface area contributed by atoms with Gasteiger partial charge in [-0.15, -0.1) is 11.3 Å². The van der Waals surface area contributed by atoms with Crippen molar-refractivity contribution in [1.82, 2.24) is 14.3 Å². The molecule has 0 atom stereocenters. The second kappa shape index (κ2) is 5.30. The Morgan fingerprint density at radius 2 is 2.00 bits per heavy atom. The number of hydrogen-bond acceptors (Lipinski definition) is 4. The highest BCUT2D eigenvalue weighted by molar-refractivity contribution is 7.15. The van der Waals surface area contributed by atoms with Crippen molar-refractivity contribution in [3.05, 3.63) is 44.5 Å². The third-order valence-electron chi connectivity index (χ3n) is 3.59. The van der Waals surface area contributed by atoms with Gasteiger partial charge in [-0.25, -0.2) is 4.98 Å². The third kappa shape index (κ3) is 2.24. The summed E-state index contributed by atoms with van der Waals surface area (Å²) in [7, 11) is 3.23. The summed E-state index contributed by atoms with van der Waals surface area (Å²) in [4.78, 5) is 17.7. The molecule has 0 fully saturated rings. The van der Waals surface area contributed by atoms with E-state index >= 15 is 0 Å². The molecular formula is C15H14ClN3O2S. The average Bonchev–Trinajstić information content (AvgIpc) is 2.94. The van der Waals surface area contributed by atoms with Crippen molar-refractivity contribution in [3.8, 4) is 27.7 Å². The lowest BCUT2D eigenvalue weighted by Crippen LogP contribution is -2.17. The van der Waals surface area contributed by atoms with Crippen LogP contribution in [0.2, 0.25) is 5.02 Å². The number of halogens is 1. The Balaban J connectivity index is 2.19. The average molecular weight is 336 g/mol. The first-order valence-corrected chi connectivity index (χ1v) is 7.78. The van der Waals surface area contributed by atoms with Crippen LogP contribution in [0, 0.1) is 6.92 Å². The lowest BCUT2D eigenvalue weighted by molar-refractivity contribution is 0.398. The Bertz CT molecular complexity index is 924. The number of nitrogens with zero attached hydrogens (tertiary/aromatic N) is 3. The molecule has 1 aromatic carbocycles. The van der Waals surface area contributed by atoms with Gasteiger partial charge in [-0.1, -0.05) is 23.7 Å². The molecule has 0 aliphatic carbocycles. The fourth-order valence-electron chi connectivity index (χ4n) is 2.28.